The maximum Gasteiger partial charge on any atom is 0.229 e. The van der Waals surface area contributed by atoms with Gasteiger partial charge in [-0.15, -0.1) is 0 Å². The number of methoxy groups -OCH3 is 1. The zero-order valence-corrected chi connectivity index (χ0v) is 20.9. The minimum absolute atomic E-state index is 0.468. The van der Waals surface area contributed by atoms with Gasteiger partial charge in [-0.05, 0) is 55.6 Å². The molecule has 0 unspecified atom stereocenters. The largest absolute Gasteiger partial charge is 0.495 e. The minimum atomic E-state index is 0.468. The molecule has 4 aromatic rings. The molecule has 0 fully saturated rings. The molecule has 0 saturated heterocycles. The van der Waals surface area contributed by atoms with Crippen LogP contribution in [0.3, 0.4) is 0 Å². The van der Waals surface area contributed by atoms with Crippen LogP contribution in [-0.2, 0) is 0 Å². The first-order valence-electron chi connectivity index (χ1n) is 12.1. The van der Waals surface area contributed by atoms with Crippen LogP contribution in [-0.4, -0.2) is 53.2 Å². The van der Waals surface area contributed by atoms with E-state index in [9.17, 15) is 0 Å². The van der Waals surface area contributed by atoms with Crippen LogP contribution in [0.15, 0.2) is 79.3 Å². The number of rotatable bonds is 12. The molecule has 2 aromatic carbocycles. The molecule has 4 rings (SSSR count). The van der Waals surface area contributed by atoms with Crippen LogP contribution in [0.1, 0.15) is 13.8 Å². The molecule has 0 aliphatic rings. The number of aromatic nitrogens is 3. The molecular formula is C28H32N6O2. The highest BCUT2D eigenvalue weighted by molar-refractivity contribution is 5.79. The second-order valence-electron chi connectivity index (χ2n) is 8.05. The molecule has 0 bridgehead atoms. The number of anilines is 4. The molecule has 2 aromatic heterocycles. The van der Waals surface area contributed by atoms with Crippen LogP contribution >= 0.6 is 0 Å². The van der Waals surface area contributed by atoms with Crippen molar-refractivity contribution >= 4 is 23.1 Å². The van der Waals surface area contributed by atoms with Gasteiger partial charge in [0.25, 0.3) is 0 Å². The van der Waals surface area contributed by atoms with Crippen molar-refractivity contribution < 1.29 is 9.47 Å². The normalized spacial score (nSPS) is 10.8. The van der Waals surface area contributed by atoms with E-state index in [0.29, 0.717) is 18.4 Å². The van der Waals surface area contributed by atoms with Crippen LogP contribution in [0.2, 0.25) is 0 Å². The Morgan fingerprint density at radius 3 is 2.42 bits per heavy atom. The molecule has 2 N–H and O–H groups in total. The zero-order valence-electron chi connectivity index (χ0n) is 20.9. The summed E-state index contributed by atoms with van der Waals surface area (Å²) in [7, 11) is 1.65. The van der Waals surface area contributed by atoms with Crippen molar-refractivity contribution in [1.82, 2.24) is 19.9 Å². The number of nitrogens with zero attached hydrogens (tertiary/aromatic N) is 4. The van der Waals surface area contributed by atoms with Gasteiger partial charge in [-0.25, -0.2) is 4.98 Å². The standard InChI is InChI=1S/C28H32N6O2/c1-4-34(5-2)17-18-36-23-14-12-22(13-15-23)31-28-30-20-24(21-9-8-16-29-19-21)27(33-28)32-25-10-6-7-11-26(25)35-3/h6-16,19-20H,4-5,17-18H2,1-3H3,(H2,30,31,32,33). The van der Waals surface area contributed by atoms with Gasteiger partial charge in [0, 0.05) is 41.9 Å². The summed E-state index contributed by atoms with van der Waals surface area (Å²) in [5.74, 6) is 2.66. The molecule has 186 valence electrons. The fraction of sp³-hybridized carbons (Fsp3) is 0.250. The predicted octanol–water partition coefficient (Wildman–Crippen LogP) is 5.76. The highest BCUT2D eigenvalue weighted by atomic mass is 16.5. The third-order valence-corrected chi connectivity index (χ3v) is 5.80. The minimum Gasteiger partial charge on any atom is -0.495 e. The Hall–Kier alpha value is -4.17. The zero-order chi connectivity index (χ0) is 25.2. The summed E-state index contributed by atoms with van der Waals surface area (Å²) >= 11 is 0. The summed E-state index contributed by atoms with van der Waals surface area (Å²) in [6.07, 6.45) is 5.32. The van der Waals surface area contributed by atoms with Crippen LogP contribution in [0, 0.1) is 0 Å². The smallest absolute Gasteiger partial charge is 0.229 e. The number of likely N-dealkylation sites (N-methyl/N-ethyl adjacent to an activating group) is 1. The van der Waals surface area contributed by atoms with Gasteiger partial charge >= 0.3 is 0 Å². The molecule has 2 heterocycles. The molecule has 8 heteroatoms. The molecule has 0 aliphatic heterocycles. The average molecular weight is 485 g/mol. The molecule has 0 aliphatic carbocycles. The first-order chi connectivity index (χ1) is 17.7. The van der Waals surface area contributed by atoms with Gasteiger partial charge < -0.3 is 25.0 Å². The molecule has 0 atom stereocenters. The summed E-state index contributed by atoms with van der Waals surface area (Å²) in [5, 5.41) is 6.68. The number of ether oxygens (including phenoxy) is 2. The third kappa shape index (κ3) is 6.49. The fourth-order valence-electron chi connectivity index (χ4n) is 3.74. The maximum absolute atomic E-state index is 5.89. The SMILES string of the molecule is CCN(CC)CCOc1ccc(Nc2ncc(-c3cccnc3)c(Nc3ccccc3OC)n2)cc1. The van der Waals surface area contributed by atoms with E-state index in [1.807, 2.05) is 60.7 Å². The van der Waals surface area contributed by atoms with E-state index in [1.165, 1.54) is 0 Å². The number of nitrogens with one attached hydrogen (secondary N) is 2. The van der Waals surface area contributed by atoms with Crippen molar-refractivity contribution in [1.29, 1.82) is 0 Å². The van der Waals surface area contributed by atoms with E-state index in [2.05, 4.69) is 39.3 Å². The molecule has 8 nitrogen and oxygen atoms in total. The topological polar surface area (TPSA) is 84.4 Å². The Kier molecular flexibility index (Phi) is 8.67. The van der Waals surface area contributed by atoms with E-state index >= 15 is 0 Å². The lowest BCUT2D eigenvalue weighted by molar-refractivity contribution is 0.223. The number of para-hydroxylation sites is 2. The number of pyridine rings is 1. The van der Waals surface area contributed by atoms with Crippen LogP contribution in [0.4, 0.5) is 23.1 Å². The Morgan fingerprint density at radius 2 is 1.69 bits per heavy atom. The average Bonchev–Trinajstić information content (AvgIpc) is 2.93. The molecule has 0 radical (unpaired) electrons. The Bertz CT molecular complexity index is 1230. The van der Waals surface area contributed by atoms with E-state index in [4.69, 9.17) is 14.5 Å². The quantitative estimate of drug-likeness (QED) is 0.263. The Labute approximate surface area is 212 Å². The lowest BCUT2D eigenvalue weighted by Crippen LogP contribution is -2.27. The summed E-state index contributed by atoms with van der Waals surface area (Å²) in [5.41, 5.74) is 3.41. The third-order valence-electron chi connectivity index (χ3n) is 5.80. The second-order valence-corrected chi connectivity index (χ2v) is 8.05. The fourth-order valence-corrected chi connectivity index (χ4v) is 3.74. The van der Waals surface area contributed by atoms with Crippen molar-refractivity contribution in [3.05, 3.63) is 79.3 Å². The predicted molar refractivity (Wildman–Crippen MR) is 145 cm³/mol. The first-order valence-corrected chi connectivity index (χ1v) is 12.1. The van der Waals surface area contributed by atoms with Gasteiger partial charge in [0.1, 0.15) is 23.9 Å². The number of hydrogen-bond donors (Lipinski definition) is 2. The lowest BCUT2D eigenvalue weighted by atomic mass is 10.1. The molecule has 0 spiro atoms. The molecule has 0 saturated carbocycles. The number of hydrogen-bond acceptors (Lipinski definition) is 8. The van der Waals surface area contributed by atoms with E-state index in [-0.39, 0.29) is 0 Å². The molecule has 36 heavy (non-hydrogen) atoms. The van der Waals surface area contributed by atoms with Gasteiger partial charge in [0.15, 0.2) is 0 Å². The van der Waals surface area contributed by atoms with Crippen molar-refractivity contribution in [2.24, 2.45) is 0 Å². The van der Waals surface area contributed by atoms with Crippen molar-refractivity contribution in [3.8, 4) is 22.6 Å². The van der Waals surface area contributed by atoms with Crippen LogP contribution in [0.5, 0.6) is 11.5 Å². The van der Waals surface area contributed by atoms with E-state index in [0.717, 1.165) is 53.6 Å². The van der Waals surface area contributed by atoms with Crippen LogP contribution in [0.25, 0.3) is 11.1 Å². The summed E-state index contributed by atoms with van der Waals surface area (Å²) in [6.45, 7) is 7.93. The Balaban J connectivity index is 1.52. The second kappa shape index (κ2) is 12.5. The highest BCUT2D eigenvalue weighted by Gasteiger charge is 2.13. The van der Waals surface area contributed by atoms with Crippen molar-refractivity contribution in [3.63, 3.8) is 0 Å². The first kappa shape index (κ1) is 24.9. The highest BCUT2D eigenvalue weighted by Crippen LogP contribution is 2.32. The van der Waals surface area contributed by atoms with E-state index < -0.39 is 0 Å². The van der Waals surface area contributed by atoms with Crippen LogP contribution < -0.4 is 20.1 Å². The summed E-state index contributed by atoms with van der Waals surface area (Å²) < 4.78 is 11.4. The van der Waals surface area contributed by atoms with Crippen molar-refractivity contribution in [2.45, 2.75) is 13.8 Å². The summed E-state index contributed by atoms with van der Waals surface area (Å²) in [6, 6.07) is 19.4. The van der Waals surface area contributed by atoms with Crippen molar-refractivity contribution in [2.75, 3.05) is 44.0 Å². The van der Waals surface area contributed by atoms with Gasteiger partial charge in [-0.3, -0.25) is 4.98 Å². The summed E-state index contributed by atoms with van der Waals surface area (Å²) in [4.78, 5) is 15.9. The van der Waals surface area contributed by atoms with Gasteiger partial charge in [-0.2, -0.15) is 4.98 Å². The molecular weight excluding hydrogens is 452 g/mol. The number of benzene rings is 2. The van der Waals surface area contributed by atoms with Gasteiger partial charge in [0.05, 0.1) is 12.8 Å². The monoisotopic (exact) mass is 484 g/mol. The van der Waals surface area contributed by atoms with Gasteiger partial charge in [-0.1, -0.05) is 32.0 Å². The van der Waals surface area contributed by atoms with Gasteiger partial charge in [0.2, 0.25) is 5.95 Å². The van der Waals surface area contributed by atoms with E-state index in [1.54, 1.807) is 25.7 Å². The Morgan fingerprint density at radius 1 is 0.889 bits per heavy atom. The lowest BCUT2D eigenvalue weighted by Gasteiger charge is -2.18. The maximum atomic E-state index is 5.89. The molecule has 0 amide bonds.